The van der Waals surface area contributed by atoms with Crippen molar-refractivity contribution >= 4 is 22.8 Å². The fraction of sp³-hybridized carbons (Fsp3) is 0.143. The molecule has 0 spiro atoms. The lowest BCUT2D eigenvalue weighted by molar-refractivity contribution is -0.116. The van der Waals surface area contributed by atoms with E-state index in [1.807, 2.05) is 54.6 Å². The zero-order valence-corrected chi connectivity index (χ0v) is 16.0. The first-order valence-electron chi connectivity index (χ1n) is 9.02. The van der Waals surface area contributed by atoms with Crippen LogP contribution in [0.1, 0.15) is 0 Å². The van der Waals surface area contributed by atoms with Crippen molar-refractivity contribution in [3.63, 3.8) is 0 Å². The highest BCUT2D eigenvalue weighted by Crippen LogP contribution is 2.27. The van der Waals surface area contributed by atoms with E-state index in [0.717, 1.165) is 15.7 Å². The molecule has 4 aromatic rings. The molecule has 0 fully saturated rings. The van der Waals surface area contributed by atoms with Crippen LogP contribution in [-0.4, -0.2) is 24.6 Å². The fourth-order valence-corrected chi connectivity index (χ4v) is 3.32. The van der Waals surface area contributed by atoms with Crippen LogP contribution in [0.2, 0.25) is 0 Å². The third kappa shape index (κ3) is 3.25. The van der Waals surface area contributed by atoms with Crippen molar-refractivity contribution in [3.8, 4) is 11.1 Å². The normalized spacial score (nSPS) is 11.0. The molecule has 1 N–H and O–H groups in total. The summed E-state index contributed by atoms with van der Waals surface area (Å²) in [4.78, 5) is 41.4. The van der Waals surface area contributed by atoms with Gasteiger partial charge in [-0.3, -0.25) is 18.7 Å². The lowest BCUT2D eigenvalue weighted by Gasteiger charge is -2.12. The number of imidazole rings is 1. The van der Waals surface area contributed by atoms with E-state index in [9.17, 15) is 14.4 Å². The summed E-state index contributed by atoms with van der Waals surface area (Å²) in [5, 5.41) is 2.91. The number of nitrogens with zero attached hydrogens (tertiary/aromatic N) is 4. The molecule has 0 radical (unpaired) electrons. The van der Waals surface area contributed by atoms with Crippen molar-refractivity contribution in [3.05, 3.63) is 81.8 Å². The summed E-state index contributed by atoms with van der Waals surface area (Å²) >= 11 is 0. The van der Waals surface area contributed by atoms with Crippen LogP contribution < -0.4 is 16.6 Å². The summed E-state index contributed by atoms with van der Waals surface area (Å²) in [7, 11) is 2.94. The van der Waals surface area contributed by atoms with Gasteiger partial charge >= 0.3 is 5.69 Å². The molecule has 4 rings (SSSR count). The monoisotopic (exact) mass is 389 g/mol. The molecule has 0 aliphatic rings. The molecule has 1 amide bonds. The number of para-hydroxylation sites is 1. The van der Waals surface area contributed by atoms with E-state index in [2.05, 4.69) is 10.3 Å². The average molecular weight is 389 g/mol. The van der Waals surface area contributed by atoms with E-state index in [1.165, 1.54) is 29.6 Å². The van der Waals surface area contributed by atoms with Crippen molar-refractivity contribution in [2.45, 2.75) is 6.54 Å². The Kier molecular flexibility index (Phi) is 4.59. The van der Waals surface area contributed by atoms with Gasteiger partial charge < -0.3 is 9.88 Å². The van der Waals surface area contributed by atoms with E-state index in [-0.39, 0.29) is 23.6 Å². The van der Waals surface area contributed by atoms with E-state index in [4.69, 9.17) is 0 Å². The number of fused-ring (bicyclic) bond motifs is 1. The van der Waals surface area contributed by atoms with Gasteiger partial charge in [-0.15, -0.1) is 0 Å². The Morgan fingerprint density at radius 3 is 2.41 bits per heavy atom. The number of hydrogen-bond acceptors (Lipinski definition) is 4. The minimum Gasteiger partial charge on any atom is -0.324 e. The van der Waals surface area contributed by atoms with E-state index >= 15 is 0 Å². The SMILES string of the molecule is Cn1c(=O)c2c(ncn2CC(=O)Nc2ccccc2-c2ccccc2)n(C)c1=O. The van der Waals surface area contributed by atoms with Gasteiger partial charge in [0, 0.05) is 25.3 Å². The second-order valence-electron chi connectivity index (χ2n) is 6.71. The number of hydrogen-bond donors (Lipinski definition) is 1. The Bertz CT molecular complexity index is 1330. The van der Waals surface area contributed by atoms with Gasteiger partial charge in [0.05, 0.1) is 6.33 Å². The minimum absolute atomic E-state index is 0.104. The van der Waals surface area contributed by atoms with Crippen molar-refractivity contribution in [2.75, 3.05) is 5.32 Å². The second-order valence-corrected chi connectivity index (χ2v) is 6.71. The summed E-state index contributed by atoms with van der Waals surface area (Å²) in [5.41, 5.74) is 2.06. The zero-order chi connectivity index (χ0) is 20.5. The maximum Gasteiger partial charge on any atom is 0.332 e. The number of anilines is 1. The molecular formula is C21H19N5O3. The number of aromatic nitrogens is 4. The van der Waals surface area contributed by atoms with Crippen LogP contribution in [0.15, 0.2) is 70.5 Å². The summed E-state index contributed by atoms with van der Waals surface area (Å²) in [5.74, 6) is -0.302. The van der Waals surface area contributed by atoms with E-state index in [1.54, 1.807) is 0 Å². The molecule has 0 saturated carbocycles. The van der Waals surface area contributed by atoms with Gasteiger partial charge in [0.15, 0.2) is 11.2 Å². The van der Waals surface area contributed by atoms with Crippen molar-refractivity contribution in [2.24, 2.45) is 14.1 Å². The summed E-state index contributed by atoms with van der Waals surface area (Å²) < 4.78 is 3.75. The molecule has 2 heterocycles. The number of aryl methyl sites for hydroxylation is 1. The molecule has 29 heavy (non-hydrogen) atoms. The van der Waals surface area contributed by atoms with Gasteiger partial charge in [0.25, 0.3) is 5.56 Å². The Hall–Kier alpha value is -3.94. The number of amides is 1. The number of rotatable bonds is 4. The van der Waals surface area contributed by atoms with Crippen LogP contribution in [0.4, 0.5) is 5.69 Å². The molecule has 0 aliphatic carbocycles. The van der Waals surface area contributed by atoms with Gasteiger partial charge in [-0.2, -0.15) is 0 Å². The lowest BCUT2D eigenvalue weighted by atomic mass is 10.0. The topological polar surface area (TPSA) is 90.9 Å². The number of carbonyl (C=O) groups is 1. The first kappa shape index (κ1) is 18.4. The second kappa shape index (κ2) is 7.23. The lowest BCUT2D eigenvalue weighted by Crippen LogP contribution is -2.37. The highest BCUT2D eigenvalue weighted by molar-refractivity contribution is 5.95. The fourth-order valence-electron chi connectivity index (χ4n) is 3.32. The smallest absolute Gasteiger partial charge is 0.324 e. The minimum atomic E-state index is -0.488. The van der Waals surface area contributed by atoms with Crippen molar-refractivity contribution < 1.29 is 4.79 Å². The maximum absolute atomic E-state index is 12.7. The Labute approximate surface area is 165 Å². The van der Waals surface area contributed by atoms with Crippen LogP contribution in [0, 0.1) is 0 Å². The van der Waals surface area contributed by atoms with Gasteiger partial charge in [-0.25, -0.2) is 9.78 Å². The van der Waals surface area contributed by atoms with Crippen LogP contribution in [-0.2, 0) is 25.4 Å². The summed E-state index contributed by atoms with van der Waals surface area (Å²) in [6, 6.07) is 17.3. The third-order valence-electron chi connectivity index (χ3n) is 4.82. The first-order chi connectivity index (χ1) is 14.0. The van der Waals surface area contributed by atoms with Crippen LogP contribution >= 0.6 is 0 Å². The van der Waals surface area contributed by atoms with E-state index in [0.29, 0.717) is 5.69 Å². The highest BCUT2D eigenvalue weighted by atomic mass is 16.2. The van der Waals surface area contributed by atoms with Gasteiger partial charge in [-0.05, 0) is 11.6 Å². The summed E-state index contributed by atoms with van der Waals surface area (Å²) in [6.45, 7) is -0.104. The van der Waals surface area contributed by atoms with Crippen LogP contribution in [0.25, 0.3) is 22.3 Å². The average Bonchev–Trinajstić information content (AvgIpc) is 3.15. The van der Waals surface area contributed by atoms with Crippen LogP contribution in [0.3, 0.4) is 0 Å². The molecular weight excluding hydrogens is 370 g/mol. The van der Waals surface area contributed by atoms with E-state index < -0.39 is 11.2 Å². The number of benzene rings is 2. The van der Waals surface area contributed by atoms with Crippen LogP contribution in [0.5, 0.6) is 0 Å². The molecule has 2 aromatic heterocycles. The molecule has 0 saturated heterocycles. The Morgan fingerprint density at radius 1 is 0.966 bits per heavy atom. The molecule has 0 unspecified atom stereocenters. The molecule has 8 nitrogen and oxygen atoms in total. The Morgan fingerprint density at radius 2 is 1.66 bits per heavy atom. The molecule has 0 atom stereocenters. The molecule has 146 valence electrons. The predicted octanol–water partition coefficient (Wildman–Crippen LogP) is 1.74. The predicted molar refractivity (Wildman–Crippen MR) is 111 cm³/mol. The van der Waals surface area contributed by atoms with Gasteiger partial charge in [-0.1, -0.05) is 48.5 Å². The van der Waals surface area contributed by atoms with Crippen molar-refractivity contribution in [1.29, 1.82) is 0 Å². The summed E-state index contributed by atoms with van der Waals surface area (Å²) in [6.07, 6.45) is 1.40. The van der Waals surface area contributed by atoms with Crippen molar-refractivity contribution in [1.82, 2.24) is 18.7 Å². The number of carbonyl (C=O) groups excluding carboxylic acids is 1. The molecule has 0 aliphatic heterocycles. The quantitative estimate of drug-likeness (QED) is 0.576. The third-order valence-corrected chi connectivity index (χ3v) is 4.82. The van der Waals surface area contributed by atoms with Gasteiger partial charge in [0.1, 0.15) is 6.54 Å². The maximum atomic E-state index is 12.7. The largest absolute Gasteiger partial charge is 0.332 e. The zero-order valence-electron chi connectivity index (χ0n) is 16.0. The van der Waals surface area contributed by atoms with Gasteiger partial charge in [0.2, 0.25) is 5.91 Å². The number of nitrogens with one attached hydrogen (secondary N) is 1. The molecule has 0 bridgehead atoms. The highest BCUT2D eigenvalue weighted by Gasteiger charge is 2.16. The Balaban J connectivity index is 1.66. The standard InChI is InChI=1S/C21H19N5O3/c1-24-19-18(20(28)25(2)21(24)29)26(13-22-19)12-17(27)23-16-11-7-6-10-15(16)14-8-4-3-5-9-14/h3-11,13H,12H2,1-2H3,(H,23,27). The molecule has 2 aromatic carbocycles. The first-order valence-corrected chi connectivity index (χ1v) is 9.02. The molecule has 8 heteroatoms.